The maximum atomic E-state index is 8.49. The van der Waals surface area contributed by atoms with Gasteiger partial charge in [-0.1, -0.05) is 6.92 Å². The van der Waals surface area contributed by atoms with Gasteiger partial charge in [-0.3, -0.25) is 0 Å². The number of rotatable bonds is 5. The summed E-state index contributed by atoms with van der Waals surface area (Å²) in [6, 6.07) is 0. The number of nitrogens with one attached hydrogen (secondary N) is 1. The van der Waals surface area contributed by atoms with Gasteiger partial charge in [-0.2, -0.15) is 0 Å². The Balaban J connectivity index is 3.44. The number of hydrogen-bond donors (Lipinski definition) is 3. The molecule has 0 saturated carbocycles. The largest absolute Gasteiger partial charge is 0.395 e. The fourth-order valence-corrected chi connectivity index (χ4v) is 0.661. The third kappa shape index (κ3) is 5.18. The van der Waals surface area contributed by atoms with Crippen LogP contribution in [0.5, 0.6) is 0 Å². The van der Waals surface area contributed by atoms with E-state index in [4.69, 9.17) is 10.8 Å². The minimum absolute atomic E-state index is 0.136. The molecule has 0 aromatic rings. The molecular weight excluding hydrogens is 140 g/mol. The highest BCUT2D eigenvalue weighted by Gasteiger charge is 2.19. The van der Waals surface area contributed by atoms with E-state index in [1.54, 1.807) is 0 Å². The quantitative estimate of drug-likeness (QED) is 0.494. The number of aliphatic hydroxyl groups excluding tert-OH is 1. The van der Waals surface area contributed by atoms with Gasteiger partial charge in [-0.05, 0) is 26.3 Å². The molecule has 0 bridgehead atoms. The number of nitrogens with two attached hydrogens (primary N) is 1. The molecule has 0 amide bonds. The average molecular weight is 160 g/mol. The molecule has 0 spiro atoms. The molecule has 0 aromatic heterocycles. The summed E-state index contributed by atoms with van der Waals surface area (Å²) < 4.78 is 0. The highest BCUT2D eigenvalue weighted by molar-refractivity contribution is 4.80. The van der Waals surface area contributed by atoms with E-state index < -0.39 is 0 Å². The molecule has 0 aliphatic rings. The second-order valence-corrected chi connectivity index (χ2v) is 3.65. The van der Waals surface area contributed by atoms with Gasteiger partial charge in [0.2, 0.25) is 0 Å². The van der Waals surface area contributed by atoms with Crippen molar-refractivity contribution in [2.75, 3.05) is 19.7 Å². The Kier molecular flexibility index (Phi) is 4.65. The smallest absolute Gasteiger partial charge is 0.0555 e. The zero-order valence-electron chi connectivity index (χ0n) is 7.72. The van der Waals surface area contributed by atoms with Crippen LogP contribution in [-0.4, -0.2) is 30.3 Å². The first kappa shape index (κ1) is 10.9. The van der Waals surface area contributed by atoms with Crippen molar-refractivity contribution < 1.29 is 5.11 Å². The first-order valence-corrected chi connectivity index (χ1v) is 4.09. The summed E-state index contributed by atoms with van der Waals surface area (Å²) in [4.78, 5) is 0. The van der Waals surface area contributed by atoms with E-state index in [2.05, 4.69) is 12.2 Å². The SMILES string of the molecule is CC(CNCCO)C(C)(C)N. The van der Waals surface area contributed by atoms with Crippen molar-refractivity contribution in [2.45, 2.75) is 26.3 Å². The molecule has 0 saturated heterocycles. The van der Waals surface area contributed by atoms with Gasteiger partial charge in [0.25, 0.3) is 0 Å². The zero-order valence-corrected chi connectivity index (χ0v) is 7.72. The molecule has 0 heterocycles. The Morgan fingerprint density at radius 3 is 2.45 bits per heavy atom. The Bertz CT molecular complexity index is 98.8. The van der Waals surface area contributed by atoms with Gasteiger partial charge in [-0.25, -0.2) is 0 Å². The van der Waals surface area contributed by atoms with Crippen molar-refractivity contribution >= 4 is 0 Å². The van der Waals surface area contributed by atoms with E-state index in [0.717, 1.165) is 6.54 Å². The topological polar surface area (TPSA) is 58.3 Å². The minimum Gasteiger partial charge on any atom is -0.395 e. The Morgan fingerprint density at radius 2 is 2.09 bits per heavy atom. The van der Waals surface area contributed by atoms with Crippen LogP contribution in [0.4, 0.5) is 0 Å². The molecule has 1 atom stereocenters. The van der Waals surface area contributed by atoms with Gasteiger partial charge in [-0.15, -0.1) is 0 Å². The minimum atomic E-state index is -0.136. The second-order valence-electron chi connectivity index (χ2n) is 3.65. The molecule has 4 N–H and O–H groups in total. The van der Waals surface area contributed by atoms with Crippen molar-refractivity contribution in [3.63, 3.8) is 0 Å². The average Bonchev–Trinajstić information content (AvgIpc) is 1.86. The van der Waals surface area contributed by atoms with E-state index >= 15 is 0 Å². The molecule has 0 aliphatic carbocycles. The van der Waals surface area contributed by atoms with E-state index in [0.29, 0.717) is 12.5 Å². The summed E-state index contributed by atoms with van der Waals surface area (Å²) in [5, 5.41) is 11.6. The molecule has 1 unspecified atom stereocenters. The summed E-state index contributed by atoms with van der Waals surface area (Å²) in [6.07, 6.45) is 0. The van der Waals surface area contributed by atoms with E-state index in [-0.39, 0.29) is 12.1 Å². The van der Waals surface area contributed by atoms with Gasteiger partial charge in [0.1, 0.15) is 0 Å². The molecule has 0 rings (SSSR count). The molecule has 0 aliphatic heterocycles. The van der Waals surface area contributed by atoms with Crippen molar-refractivity contribution in [3.05, 3.63) is 0 Å². The first-order valence-electron chi connectivity index (χ1n) is 4.09. The maximum Gasteiger partial charge on any atom is 0.0555 e. The lowest BCUT2D eigenvalue weighted by Gasteiger charge is -2.27. The predicted molar refractivity (Wildman–Crippen MR) is 47.4 cm³/mol. The third-order valence-corrected chi connectivity index (χ3v) is 2.01. The van der Waals surface area contributed by atoms with Crippen molar-refractivity contribution in [2.24, 2.45) is 11.7 Å². The van der Waals surface area contributed by atoms with Crippen LogP contribution in [0.3, 0.4) is 0 Å². The van der Waals surface area contributed by atoms with Crippen LogP contribution in [0.1, 0.15) is 20.8 Å². The molecule has 11 heavy (non-hydrogen) atoms. The summed E-state index contributed by atoms with van der Waals surface area (Å²) in [5.41, 5.74) is 5.72. The molecule has 3 heteroatoms. The van der Waals surface area contributed by atoms with Crippen LogP contribution in [0.2, 0.25) is 0 Å². The van der Waals surface area contributed by atoms with Gasteiger partial charge in [0.15, 0.2) is 0 Å². The van der Waals surface area contributed by atoms with Crippen molar-refractivity contribution in [1.29, 1.82) is 0 Å². The van der Waals surface area contributed by atoms with Gasteiger partial charge in [0, 0.05) is 12.1 Å². The second kappa shape index (κ2) is 4.70. The molecule has 3 nitrogen and oxygen atoms in total. The number of hydrogen-bond acceptors (Lipinski definition) is 3. The summed E-state index contributed by atoms with van der Waals surface area (Å²) in [5.74, 6) is 0.425. The lowest BCUT2D eigenvalue weighted by molar-refractivity contribution is 0.275. The van der Waals surface area contributed by atoms with Crippen LogP contribution < -0.4 is 11.1 Å². The molecule has 68 valence electrons. The molecule has 0 radical (unpaired) electrons. The van der Waals surface area contributed by atoms with Gasteiger partial charge >= 0.3 is 0 Å². The maximum absolute atomic E-state index is 8.49. The summed E-state index contributed by atoms with van der Waals surface area (Å²) >= 11 is 0. The summed E-state index contributed by atoms with van der Waals surface area (Å²) in [6.45, 7) is 7.84. The lowest BCUT2D eigenvalue weighted by Crippen LogP contribution is -2.44. The normalized spacial score (nSPS) is 15.0. The van der Waals surface area contributed by atoms with Crippen LogP contribution in [-0.2, 0) is 0 Å². The lowest BCUT2D eigenvalue weighted by atomic mass is 9.90. The van der Waals surface area contributed by atoms with Crippen LogP contribution >= 0.6 is 0 Å². The van der Waals surface area contributed by atoms with Gasteiger partial charge in [0.05, 0.1) is 6.61 Å². The van der Waals surface area contributed by atoms with Crippen LogP contribution in [0, 0.1) is 5.92 Å². The standard InChI is InChI=1S/C8H20N2O/c1-7(8(2,3)9)6-10-4-5-11/h7,10-11H,4-6,9H2,1-3H3. The van der Waals surface area contributed by atoms with E-state index in [9.17, 15) is 0 Å². The fraction of sp³-hybridized carbons (Fsp3) is 1.00. The van der Waals surface area contributed by atoms with Crippen LogP contribution in [0.25, 0.3) is 0 Å². The summed E-state index contributed by atoms with van der Waals surface area (Å²) in [7, 11) is 0. The molecular formula is C8H20N2O. The Labute approximate surface area is 69.0 Å². The monoisotopic (exact) mass is 160 g/mol. The van der Waals surface area contributed by atoms with Crippen molar-refractivity contribution in [3.8, 4) is 0 Å². The highest BCUT2D eigenvalue weighted by atomic mass is 16.3. The molecule has 0 aromatic carbocycles. The number of aliphatic hydroxyl groups is 1. The first-order chi connectivity index (χ1) is 4.98. The molecule has 0 fully saturated rings. The Hall–Kier alpha value is -0.120. The van der Waals surface area contributed by atoms with E-state index in [1.807, 2.05) is 13.8 Å². The predicted octanol–water partition coefficient (Wildman–Crippen LogP) is -0.0583. The van der Waals surface area contributed by atoms with Crippen LogP contribution in [0.15, 0.2) is 0 Å². The zero-order chi connectivity index (χ0) is 8.91. The Morgan fingerprint density at radius 1 is 1.55 bits per heavy atom. The third-order valence-electron chi connectivity index (χ3n) is 2.01. The fourth-order valence-electron chi connectivity index (χ4n) is 0.661. The van der Waals surface area contributed by atoms with E-state index in [1.165, 1.54) is 0 Å². The van der Waals surface area contributed by atoms with Crippen molar-refractivity contribution in [1.82, 2.24) is 5.32 Å². The highest BCUT2D eigenvalue weighted by Crippen LogP contribution is 2.10. The van der Waals surface area contributed by atoms with Gasteiger partial charge < -0.3 is 16.2 Å².